The number of carbonyl (C=O) groups is 2. The number of benzene rings is 1. The molecule has 4 atom stereocenters. The maximum atomic E-state index is 12.0. The van der Waals surface area contributed by atoms with Crippen molar-refractivity contribution in [3.05, 3.63) is 17.7 Å². The summed E-state index contributed by atoms with van der Waals surface area (Å²) in [5.41, 5.74) is -2.78. The first kappa shape index (κ1) is 17.8. The molecule has 1 aliphatic rings. The molecule has 1 aromatic rings. The summed E-state index contributed by atoms with van der Waals surface area (Å²) in [7, 11) is 0. The molecule has 0 aliphatic heterocycles. The summed E-state index contributed by atoms with van der Waals surface area (Å²) < 4.78 is 4.88. The molecule has 0 unspecified atom stereocenters. The smallest absolute Gasteiger partial charge is 0.338 e. The highest BCUT2D eigenvalue weighted by Crippen LogP contribution is 2.36. The molecule has 0 bridgehead atoms. The van der Waals surface area contributed by atoms with Gasteiger partial charge in [0, 0.05) is 12.8 Å². The quantitative estimate of drug-likeness (QED) is 0.256. The number of aliphatic hydroxyl groups is 3. The van der Waals surface area contributed by atoms with Crippen molar-refractivity contribution in [1.82, 2.24) is 0 Å². The number of aliphatic carboxylic acids is 1. The van der Waals surface area contributed by atoms with E-state index in [0.29, 0.717) is 0 Å². The van der Waals surface area contributed by atoms with Crippen LogP contribution in [0.15, 0.2) is 12.1 Å². The molecule has 132 valence electrons. The van der Waals surface area contributed by atoms with Crippen molar-refractivity contribution in [2.45, 2.75) is 36.8 Å². The molecule has 24 heavy (non-hydrogen) atoms. The number of carboxylic acids is 1. The summed E-state index contributed by atoms with van der Waals surface area (Å²) in [6, 6.07) is 1.57. The van der Waals surface area contributed by atoms with Gasteiger partial charge in [0.15, 0.2) is 22.8 Å². The predicted molar refractivity (Wildman–Crippen MR) is 74.5 cm³/mol. The topological polar surface area (TPSA) is 185 Å². The van der Waals surface area contributed by atoms with E-state index in [2.05, 4.69) is 0 Å². The van der Waals surface area contributed by atoms with Crippen LogP contribution >= 0.6 is 0 Å². The summed E-state index contributed by atoms with van der Waals surface area (Å²) in [5, 5.41) is 66.4. The summed E-state index contributed by atoms with van der Waals surface area (Å²) >= 11 is 0. The summed E-state index contributed by atoms with van der Waals surface area (Å²) in [5.74, 6) is -5.26. The number of hydrogen-bond donors (Lipinski definition) is 7. The molecule has 10 heteroatoms. The number of phenols is 3. The van der Waals surface area contributed by atoms with Gasteiger partial charge in [-0.15, -0.1) is 0 Å². The van der Waals surface area contributed by atoms with Crippen LogP contribution in [0.5, 0.6) is 17.2 Å². The van der Waals surface area contributed by atoms with Crippen molar-refractivity contribution in [2.24, 2.45) is 0 Å². The van der Waals surface area contributed by atoms with Crippen molar-refractivity contribution in [2.75, 3.05) is 0 Å². The molecule has 7 N–H and O–H groups in total. The lowest BCUT2D eigenvalue weighted by Crippen LogP contribution is -2.57. The molecule has 1 saturated carbocycles. The SMILES string of the molecule is O=C(O[C@@H]1C[C@](O)(C(=O)O)C[C@@H](O)[C@H]1O)c1cc(O)c(O)c(O)c1. The zero-order chi connectivity index (χ0) is 18.2. The van der Waals surface area contributed by atoms with Gasteiger partial charge in [-0.05, 0) is 12.1 Å². The van der Waals surface area contributed by atoms with Gasteiger partial charge in [0.2, 0.25) is 0 Å². The molecule has 1 aliphatic carbocycles. The third kappa shape index (κ3) is 3.20. The zero-order valence-corrected chi connectivity index (χ0v) is 12.2. The molecule has 1 aromatic carbocycles. The van der Waals surface area contributed by atoms with E-state index in [4.69, 9.17) is 9.84 Å². The van der Waals surface area contributed by atoms with Crippen LogP contribution in [0.25, 0.3) is 0 Å². The summed E-state index contributed by atoms with van der Waals surface area (Å²) in [4.78, 5) is 23.1. The molecule has 0 amide bonds. The average Bonchev–Trinajstić information content (AvgIpc) is 2.49. The fraction of sp³-hybridized carbons (Fsp3) is 0.429. The number of rotatable bonds is 3. The maximum Gasteiger partial charge on any atom is 0.338 e. The van der Waals surface area contributed by atoms with Crippen molar-refractivity contribution in [3.63, 3.8) is 0 Å². The van der Waals surface area contributed by atoms with Crippen LogP contribution < -0.4 is 0 Å². The van der Waals surface area contributed by atoms with Crippen LogP contribution in [0.1, 0.15) is 23.2 Å². The van der Waals surface area contributed by atoms with Gasteiger partial charge in [0.1, 0.15) is 12.2 Å². The Morgan fingerprint density at radius 1 is 1.08 bits per heavy atom. The fourth-order valence-electron chi connectivity index (χ4n) is 2.46. The van der Waals surface area contributed by atoms with Gasteiger partial charge in [-0.25, -0.2) is 9.59 Å². The van der Waals surface area contributed by atoms with E-state index < -0.39 is 71.5 Å². The van der Waals surface area contributed by atoms with Gasteiger partial charge in [-0.2, -0.15) is 0 Å². The lowest BCUT2D eigenvalue weighted by molar-refractivity contribution is -0.187. The van der Waals surface area contributed by atoms with Gasteiger partial charge in [-0.3, -0.25) is 0 Å². The number of aliphatic hydroxyl groups excluding tert-OH is 2. The minimum atomic E-state index is -2.39. The van der Waals surface area contributed by atoms with Gasteiger partial charge >= 0.3 is 11.9 Å². The Hall–Kier alpha value is -2.56. The molecular formula is C14H16O10. The average molecular weight is 344 g/mol. The first-order chi connectivity index (χ1) is 11.0. The number of aromatic hydroxyl groups is 3. The maximum absolute atomic E-state index is 12.0. The molecule has 10 nitrogen and oxygen atoms in total. The van der Waals surface area contributed by atoms with Crippen molar-refractivity contribution >= 4 is 11.9 Å². The molecule has 0 saturated heterocycles. The lowest BCUT2D eigenvalue weighted by Gasteiger charge is -2.39. The van der Waals surface area contributed by atoms with Crippen LogP contribution in [0, 0.1) is 0 Å². The molecule has 0 heterocycles. The van der Waals surface area contributed by atoms with Crippen LogP contribution in [-0.4, -0.2) is 71.6 Å². The number of ether oxygens (including phenoxy) is 1. The second kappa shape index (κ2) is 6.15. The second-order valence-electron chi connectivity index (χ2n) is 5.61. The largest absolute Gasteiger partial charge is 0.504 e. The molecular weight excluding hydrogens is 328 g/mol. The highest BCUT2D eigenvalue weighted by atomic mass is 16.6. The third-order valence-corrected chi connectivity index (χ3v) is 3.82. The normalized spacial score (nSPS) is 29.9. The van der Waals surface area contributed by atoms with Crippen molar-refractivity contribution in [1.29, 1.82) is 0 Å². The monoisotopic (exact) mass is 344 g/mol. The van der Waals surface area contributed by atoms with Gasteiger partial charge in [-0.1, -0.05) is 0 Å². The van der Waals surface area contributed by atoms with Crippen LogP contribution in [-0.2, 0) is 9.53 Å². The van der Waals surface area contributed by atoms with E-state index in [-0.39, 0.29) is 0 Å². The van der Waals surface area contributed by atoms with E-state index in [0.717, 1.165) is 12.1 Å². The number of phenolic OH excluding ortho intramolecular Hbond substituents is 3. The van der Waals surface area contributed by atoms with E-state index >= 15 is 0 Å². The number of esters is 1. The van der Waals surface area contributed by atoms with E-state index in [1.54, 1.807) is 0 Å². The minimum absolute atomic E-state index is 0.395. The molecule has 0 aromatic heterocycles. The van der Waals surface area contributed by atoms with Gasteiger partial charge in [0.25, 0.3) is 0 Å². The standard InChI is InChI=1S/C14H16O10/c15-6-1-5(2-7(16)10(6)18)12(20)24-9-4-14(23,13(21)22)3-8(17)11(9)19/h1-2,8-9,11,15-19,23H,3-4H2,(H,21,22)/t8-,9-,11-,14+/m1/s1. The summed E-state index contributed by atoms with van der Waals surface area (Å²) in [6.07, 6.45) is -6.12. The van der Waals surface area contributed by atoms with Crippen molar-refractivity contribution < 1.29 is 50.1 Å². The summed E-state index contributed by atoms with van der Waals surface area (Å²) in [6.45, 7) is 0. The Balaban J connectivity index is 2.22. The first-order valence-corrected chi connectivity index (χ1v) is 6.83. The Morgan fingerprint density at radius 2 is 1.62 bits per heavy atom. The molecule has 2 rings (SSSR count). The zero-order valence-electron chi connectivity index (χ0n) is 12.2. The Morgan fingerprint density at radius 3 is 2.12 bits per heavy atom. The third-order valence-electron chi connectivity index (χ3n) is 3.82. The van der Waals surface area contributed by atoms with Crippen molar-refractivity contribution in [3.8, 4) is 17.2 Å². The molecule has 1 fully saturated rings. The number of carboxylic acid groups (broad SMARTS) is 1. The minimum Gasteiger partial charge on any atom is -0.504 e. The first-order valence-electron chi connectivity index (χ1n) is 6.83. The fourth-order valence-corrected chi connectivity index (χ4v) is 2.46. The lowest BCUT2D eigenvalue weighted by atomic mass is 9.79. The van der Waals surface area contributed by atoms with Gasteiger partial charge in [0.05, 0.1) is 11.7 Å². The predicted octanol–water partition coefficient (Wildman–Crippen LogP) is -1.34. The van der Waals surface area contributed by atoms with E-state index in [1.165, 1.54) is 0 Å². The van der Waals surface area contributed by atoms with Gasteiger partial charge < -0.3 is 40.5 Å². The number of hydrogen-bond acceptors (Lipinski definition) is 9. The molecule has 0 radical (unpaired) electrons. The van der Waals surface area contributed by atoms with Crippen LogP contribution in [0.3, 0.4) is 0 Å². The van der Waals surface area contributed by atoms with Crippen LogP contribution in [0.4, 0.5) is 0 Å². The highest BCUT2D eigenvalue weighted by molar-refractivity contribution is 5.91. The Bertz CT molecular complexity index is 649. The Kier molecular flexibility index (Phi) is 4.56. The van der Waals surface area contributed by atoms with E-state index in [9.17, 15) is 40.2 Å². The number of carbonyl (C=O) groups excluding carboxylic acids is 1. The Labute approximate surface area is 134 Å². The van der Waals surface area contributed by atoms with Crippen LogP contribution in [0.2, 0.25) is 0 Å². The van der Waals surface area contributed by atoms with E-state index in [1.807, 2.05) is 0 Å². The highest BCUT2D eigenvalue weighted by Gasteiger charge is 2.50. The molecule has 0 spiro atoms. The second-order valence-corrected chi connectivity index (χ2v) is 5.61.